The van der Waals surface area contributed by atoms with Gasteiger partial charge in [-0.05, 0) is 37.1 Å². The van der Waals surface area contributed by atoms with Crippen LogP contribution in [0.25, 0.3) is 0 Å². The Morgan fingerprint density at radius 3 is 2.50 bits per heavy atom. The first-order valence-corrected chi connectivity index (χ1v) is 6.70. The molecule has 0 amide bonds. The van der Waals surface area contributed by atoms with E-state index in [0.29, 0.717) is 19.0 Å². The number of aryl methyl sites for hydroxylation is 1. The van der Waals surface area contributed by atoms with Crippen LogP contribution in [-0.2, 0) is 9.47 Å². The van der Waals surface area contributed by atoms with Crippen molar-refractivity contribution in [2.75, 3.05) is 33.5 Å². The number of aliphatic hydroxyl groups is 2. The molecule has 0 aliphatic carbocycles. The number of hydrogen-bond donors (Lipinski definition) is 2. The molecule has 0 heterocycles. The SMILES string of the molecule is COCCOCC(O)COc1ccc([C@@H](C)O)cc1C. The standard InChI is InChI=1S/C15H24O5/c1-11-8-13(12(2)16)4-5-15(11)20-10-14(17)9-19-7-6-18-3/h4-5,8,12,14,16-17H,6-7,9-10H2,1-3H3/t12-,14?/m1/s1. The lowest BCUT2D eigenvalue weighted by molar-refractivity contribution is -0.00428. The van der Waals surface area contributed by atoms with Gasteiger partial charge in [-0.15, -0.1) is 0 Å². The molecule has 0 aromatic heterocycles. The Hall–Kier alpha value is -1.14. The molecule has 0 aliphatic rings. The summed E-state index contributed by atoms with van der Waals surface area (Å²) in [5.74, 6) is 0.699. The molecule has 2 N–H and O–H groups in total. The van der Waals surface area contributed by atoms with Crippen LogP contribution in [0.3, 0.4) is 0 Å². The van der Waals surface area contributed by atoms with E-state index in [0.717, 1.165) is 11.1 Å². The number of rotatable bonds is 9. The van der Waals surface area contributed by atoms with Gasteiger partial charge in [0.1, 0.15) is 18.5 Å². The maximum absolute atomic E-state index is 9.71. The van der Waals surface area contributed by atoms with Crippen molar-refractivity contribution < 1.29 is 24.4 Å². The predicted octanol–water partition coefficient (Wildman–Crippen LogP) is 1.45. The summed E-state index contributed by atoms with van der Waals surface area (Å²) in [6, 6.07) is 5.49. The van der Waals surface area contributed by atoms with E-state index in [-0.39, 0.29) is 13.2 Å². The van der Waals surface area contributed by atoms with Gasteiger partial charge in [0.25, 0.3) is 0 Å². The zero-order valence-corrected chi connectivity index (χ0v) is 12.3. The summed E-state index contributed by atoms with van der Waals surface area (Å²) in [6.45, 7) is 4.97. The summed E-state index contributed by atoms with van der Waals surface area (Å²) in [6.07, 6.45) is -1.18. The highest BCUT2D eigenvalue weighted by Gasteiger charge is 2.09. The first-order valence-electron chi connectivity index (χ1n) is 6.70. The molecule has 1 aromatic rings. The van der Waals surface area contributed by atoms with Crippen molar-refractivity contribution in [1.82, 2.24) is 0 Å². The zero-order chi connectivity index (χ0) is 15.0. The minimum absolute atomic E-state index is 0.168. The minimum Gasteiger partial charge on any atom is -0.491 e. The normalized spacial score (nSPS) is 14.1. The fraction of sp³-hybridized carbons (Fsp3) is 0.600. The molecule has 1 rings (SSSR count). The van der Waals surface area contributed by atoms with Crippen LogP contribution in [0.2, 0.25) is 0 Å². The Morgan fingerprint density at radius 1 is 1.15 bits per heavy atom. The van der Waals surface area contributed by atoms with Crippen molar-refractivity contribution in [3.63, 3.8) is 0 Å². The van der Waals surface area contributed by atoms with Crippen LogP contribution in [0.5, 0.6) is 5.75 Å². The van der Waals surface area contributed by atoms with E-state index in [1.54, 1.807) is 20.1 Å². The monoisotopic (exact) mass is 284 g/mol. The fourth-order valence-corrected chi connectivity index (χ4v) is 1.69. The molecular formula is C15H24O5. The molecule has 5 heteroatoms. The second-order valence-electron chi connectivity index (χ2n) is 4.73. The van der Waals surface area contributed by atoms with Crippen LogP contribution in [0.4, 0.5) is 0 Å². The van der Waals surface area contributed by atoms with E-state index in [2.05, 4.69) is 0 Å². The summed E-state index contributed by atoms with van der Waals surface area (Å²) in [7, 11) is 1.60. The highest BCUT2D eigenvalue weighted by atomic mass is 16.5. The molecule has 0 saturated carbocycles. The molecule has 0 bridgehead atoms. The fourth-order valence-electron chi connectivity index (χ4n) is 1.69. The first kappa shape index (κ1) is 16.9. The lowest BCUT2D eigenvalue weighted by atomic mass is 10.1. The highest BCUT2D eigenvalue weighted by Crippen LogP contribution is 2.22. The molecule has 5 nitrogen and oxygen atoms in total. The molecule has 20 heavy (non-hydrogen) atoms. The van der Waals surface area contributed by atoms with E-state index in [1.807, 2.05) is 19.1 Å². The van der Waals surface area contributed by atoms with Gasteiger partial charge >= 0.3 is 0 Å². The summed E-state index contributed by atoms with van der Waals surface area (Å²) in [4.78, 5) is 0. The van der Waals surface area contributed by atoms with Gasteiger partial charge in [-0.2, -0.15) is 0 Å². The Morgan fingerprint density at radius 2 is 1.90 bits per heavy atom. The van der Waals surface area contributed by atoms with Crippen molar-refractivity contribution in [3.8, 4) is 5.75 Å². The van der Waals surface area contributed by atoms with E-state index >= 15 is 0 Å². The lowest BCUT2D eigenvalue weighted by Crippen LogP contribution is -2.24. The molecule has 2 atom stereocenters. The average molecular weight is 284 g/mol. The Balaban J connectivity index is 2.37. The van der Waals surface area contributed by atoms with Crippen LogP contribution >= 0.6 is 0 Å². The molecule has 0 saturated heterocycles. The van der Waals surface area contributed by atoms with E-state index < -0.39 is 12.2 Å². The van der Waals surface area contributed by atoms with Gasteiger partial charge in [-0.3, -0.25) is 0 Å². The zero-order valence-electron chi connectivity index (χ0n) is 12.3. The van der Waals surface area contributed by atoms with Crippen LogP contribution in [0, 0.1) is 6.92 Å². The maximum Gasteiger partial charge on any atom is 0.122 e. The van der Waals surface area contributed by atoms with Crippen molar-refractivity contribution in [2.24, 2.45) is 0 Å². The molecular weight excluding hydrogens is 260 g/mol. The second-order valence-corrected chi connectivity index (χ2v) is 4.73. The number of benzene rings is 1. The van der Waals surface area contributed by atoms with Crippen molar-refractivity contribution in [3.05, 3.63) is 29.3 Å². The van der Waals surface area contributed by atoms with E-state index in [1.165, 1.54) is 0 Å². The van der Waals surface area contributed by atoms with Crippen LogP contribution in [0.15, 0.2) is 18.2 Å². The third kappa shape index (κ3) is 5.88. The largest absolute Gasteiger partial charge is 0.491 e. The van der Waals surface area contributed by atoms with Crippen LogP contribution in [0.1, 0.15) is 24.2 Å². The van der Waals surface area contributed by atoms with Gasteiger partial charge in [-0.25, -0.2) is 0 Å². The summed E-state index contributed by atoms with van der Waals surface area (Å²) >= 11 is 0. The van der Waals surface area contributed by atoms with Crippen LogP contribution in [-0.4, -0.2) is 49.9 Å². The predicted molar refractivity (Wildman–Crippen MR) is 76.0 cm³/mol. The van der Waals surface area contributed by atoms with Gasteiger partial charge in [-0.1, -0.05) is 6.07 Å². The molecule has 1 unspecified atom stereocenters. The summed E-state index contributed by atoms with van der Waals surface area (Å²) in [5, 5.41) is 19.2. The topological polar surface area (TPSA) is 68.2 Å². The average Bonchev–Trinajstić information content (AvgIpc) is 2.42. The smallest absolute Gasteiger partial charge is 0.122 e. The quantitative estimate of drug-likeness (QED) is 0.672. The van der Waals surface area contributed by atoms with Gasteiger partial charge in [0.05, 0.1) is 25.9 Å². The molecule has 0 radical (unpaired) electrons. The Kier molecular flexibility index (Phi) is 7.54. The van der Waals surface area contributed by atoms with Crippen molar-refractivity contribution in [1.29, 1.82) is 0 Å². The highest BCUT2D eigenvalue weighted by molar-refractivity contribution is 5.36. The second kappa shape index (κ2) is 8.92. The number of hydrogen-bond acceptors (Lipinski definition) is 5. The molecule has 0 fully saturated rings. The Bertz CT molecular complexity index is 392. The maximum atomic E-state index is 9.71. The lowest BCUT2D eigenvalue weighted by Gasteiger charge is -2.15. The van der Waals surface area contributed by atoms with E-state index in [4.69, 9.17) is 14.2 Å². The van der Waals surface area contributed by atoms with Gasteiger partial charge in [0.2, 0.25) is 0 Å². The third-order valence-electron chi connectivity index (χ3n) is 2.85. The molecule has 1 aromatic carbocycles. The summed E-state index contributed by atoms with van der Waals surface area (Å²) < 4.78 is 15.6. The first-order chi connectivity index (χ1) is 9.54. The van der Waals surface area contributed by atoms with Gasteiger partial charge < -0.3 is 24.4 Å². The van der Waals surface area contributed by atoms with Crippen LogP contribution < -0.4 is 4.74 Å². The number of methoxy groups -OCH3 is 1. The van der Waals surface area contributed by atoms with Crippen molar-refractivity contribution in [2.45, 2.75) is 26.1 Å². The molecule has 0 spiro atoms. The third-order valence-corrected chi connectivity index (χ3v) is 2.85. The number of ether oxygens (including phenoxy) is 3. The minimum atomic E-state index is -0.678. The van der Waals surface area contributed by atoms with Gasteiger partial charge in [0.15, 0.2) is 0 Å². The van der Waals surface area contributed by atoms with Gasteiger partial charge in [0, 0.05) is 7.11 Å². The summed E-state index contributed by atoms with van der Waals surface area (Å²) in [5.41, 5.74) is 1.77. The molecule has 114 valence electrons. The van der Waals surface area contributed by atoms with E-state index in [9.17, 15) is 10.2 Å². The number of aliphatic hydroxyl groups excluding tert-OH is 2. The molecule has 0 aliphatic heterocycles. The van der Waals surface area contributed by atoms with Crippen molar-refractivity contribution >= 4 is 0 Å². The Labute approximate surface area is 120 Å².